The van der Waals surface area contributed by atoms with E-state index in [1.54, 1.807) is 35.2 Å². The van der Waals surface area contributed by atoms with Gasteiger partial charge in [-0.25, -0.2) is 9.78 Å². The van der Waals surface area contributed by atoms with E-state index in [1.165, 1.54) is 18.4 Å². The smallest absolute Gasteiger partial charge is 0.337 e. The van der Waals surface area contributed by atoms with Crippen LogP contribution in [0.5, 0.6) is 0 Å². The molecule has 0 aliphatic rings. The van der Waals surface area contributed by atoms with Gasteiger partial charge in [0.1, 0.15) is 5.52 Å². The first kappa shape index (κ1) is 23.1. The molecule has 29 heavy (non-hydrogen) atoms. The van der Waals surface area contributed by atoms with Crippen LogP contribution in [0.3, 0.4) is 0 Å². The lowest BCUT2D eigenvalue weighted by molar-refractivity contribution is -0.0000275. The zero-order chi connectivity index (χ0) is 20.3. The fourth-order valence-corrected chi connectivity index (χ4v) is 3.92. The second kappa shape index (κ2) is 10.0. The summed E-state index contributed by atoms with van der Waals surface area (Å²) in [5.41, 5.74) is 1.55. The molecular weight excluding hydrogens is 433 g/mol. The van der Waals surface area contributed by atoms with Gasteiger partial charge in [0.2, 0.25) is 0 Å². The van der Waals surface area contributed by atoms with Crippen LogP contribution >= 0.6 is 22.9 Å². The molecule has 0 saturated carbocycles. The van der Waals surface area contributed by atoms with Crippen LogP contribution in [0.15, 0.2) is 42.5 Å². The number of rotatable bonds is 6. The Bertz CT molecular complexity index is 1010. The molecule has 1 aromatic heterocycles. The molecule has 9 heteroatoms. The normalized spacial score (nSPS) is 10.7. The van der Waals surface area contributed by atoms with Crippen LogP contribution in [-0.2, 0) is 4.74 Å². The Morgan fingerprint density at radius 3 is 2.31 bits per heavy atom. The van der Waals surface area contributed by atoms with E-state index in [2.05, 4.69) is 4.98 Å². The third-order valence-electron chi connectivity index (χ3n) is 4.16. The van der Waals surface area contributed by atoms with E-state index >= 15 is 0 Å². The Balaban J connectivity index is 0.00000300. The predicted octanol–water partition coefficient (Wildman–Crippen LogP) is 0.949. The van der Waals surface area contributed by atoms with Crippen LogP contribution in [0.1, 0.15) is 20.7 Å². The average Bonchev–Trinajstić information content (AvgIpc) is 3.12. The number of likely N-dealkylation sites (N-methyl/N-ethyl adjacent to an activating group) is 1. The van der Waals surface area contributed by atoms with Gasteiger partial charge in [-0.05, 0) is 50.5 Å². The van der Waals surface area contributed by atoms with Gasteiger partial charge < -0.3 is 22.0 Å². The van der Waals surface area contributed by atoms with Crippen molar-refractivity contribution in [2.75, 3.05) is 39.2 Å². The van der Waals surface area contributed by atoms with Gasteiger partial charge in [0, 0.05) is 18.7 Å². The first-order valence-corrected chi connectivity index (χ1v) is 9.80. The van der Waals surface area contributed by atoms with Crippen molar-refractivity contribution in [2.45, 2.75) is 0 Å². The lowest BCUT2D eigenvalue weighted by Gasteiger charge is -2.22. The zero-order valence-electron chi connectivity index (χ0n) is 16.2. The van der Waals surface area contributed by atoms with E-state index in [4.69, 9.17) is 16.3 Å². The molecule has 3 aromatic rings. The molecule has 154 valence electrons. The lowest BCUT2D eigenvalue weighted by Crippen LogP contribution is -3.00. The monoisotopic (exact) mass is 452 g/mol. The van der Waals surface area contributed by atoms with Crippen molar-refractivity contribution in [1.29, 1.82) is 0 Å². The van der Waals surface area contributed by atoms with Gasteiger partial charge in [0.25, 0.3) is 5.91 Å². The maximum atomic E-state index is 13.2. The summed E-state index contributed by atoms with van der Waals surface area (Å²) < 4.78 is 5.62. The van der Waals surface area contributed by atoms with E-state index in [0.29, 0.717) is 39.9 Å². The summed E-state index contributed by atoms with van der Waals surface area (Å²) in [6, 6.07) is 12.0. The lowest BCUT2D eigenvalue weighted by atomic mass is 10.1. The maximum Gasteiger partial charge on any atom is 0.337 e. The summed E-state index contributed by atoms with van der Waals surface area (Å²) in [5, 5.41) is 1.15. The van der Waals surface area contributed by atoms with Crippen LogP contribution in [0.2, 0.25) is 5.02 Å². The van der Waals surface area contributed by atoms with Crippen LogP contribution in [0.25, 0.3) is 10.2 Å². The highest BCUT2D eigenvalue weighted by atomic mass is 35.5. The molecule has 0 atom stereocenters. The number of thiazole rings is 1. The number of esters is 1. The zero-order valence-corrected chi connectivity index (χ0v) is 18.5. The quantitative estimate of drug-likeness (QED) is 0.521. The number of fused-ring (bicyclic) bond motifs is 1. The molecule has 0 fully saturated rings. The number of methoxy groups -OCH3 is 1. The topological polar surface area (TPSA) is 62.7 Å². The number of para-hydroxylation sites is 1. The van der Waals surface area contributed by atoms with Crippen molar-refractivity contribution >= 4 is 50.2 Å². The second-order valence-electron chi connectivity index (χ2n) is 6.41. The molecule has 1 amide bonds. The summed E-state index contributed by atoms with van der Waals surface area (Å²) >= 11 is 7.67. The number of hydrogen-bond acceptors (Lipinski definition) is 6. The molecule has 0 radical (unpaired) electrons. The minimum absolute atomic E-state index is 0. The summed E-state index contributed by atoms with van der Waals surface area (Å²) in [6.45, 7) is 1.15. The van der Waals surface area contributed by atoms with Crippen LogP contribution < -0.4 is 17.3 Å². The molecule has 1 heterocycles. The highest BCUT2D eigenvalue weighted by Gasteiger charge is 2.22. The standard InChI is InChI=1S/C20H20ClN3O3S.ClH/c1-23(2)11-12-24(20-22-17-15(21)5-4-6-16(17)28-20)18(25)13-7-9-14(10-8-13)19(26)27-3;/h4-10H,11-12H2,1-3H3;1H/p-1. The molecule has 0 N–H and O–H groups in total. The van der Waals surface area contributed by atoms with Crippen LogP contribution in [0, 0.1) is 0 Å². The molecular formula is C20H20Cl2N3O3S-. The molecule has 0 spiro atoms. The summed E-state index contributed by atoms with van der Waals surface area (Å²) in [5.74, 6) is -0.627. The van der Waals surface area contributed by atoms with Crippen LogP contribution in [-0.4, -0.2) is 56.1 Å². The molecule has 0 unspecified atom stereocenters. The number of halogens is 2. The largest absolute Gasteiger partial charge is 1.00 e. The van der Waals surface area contributed by atoms with E-state index < -0.39 is 5.97 Å². The van der Waals surface area contributed by atoms with Crippen molar-refractivity contribution in [2.24, 2.45) is 0 Å². The van der Waals surface area contributed by atoms with E-state index in [1.807, 2.05) is 31.1 Å². The fourth-order valence-electron chi connectivity index (χ4n) is 2.63. The summed E-state index contributed by atoms with van der Waals surface area (Å²) in [4.78, 5) is 33.1. The Morgan fingerprint density at radius 1 is 1.07 bits per heavy atom. The van der Waals surface area contributed by atoms with Crippen molar-refractivity contribution in [1.82, 2.24) is 9.88 Å². The van der Waals surface area contributed by atoms with E-state index in [0.717, 1.165) is 4.70 Å². The molecule has 6 nitrogen and oxygen atoms in total. The average molecular weight is 453 g/mol. The Kier molecular flexibility index (Phi) is 7.98. The highest BCUT2D eigenvalue weighted by molar-refractivity contribution is 7.22. The van der Waals surface area contributed by atoms with Gasteiger partial charge in [-0.1, -0.05) is 29.0 Å². The number of ether oxygens (including phenoxy) is 1. The van der Waals surface area contributed by atoms with Crippen molar-refractivity contribution < 1.29 is 26.7 Å². The highest BCUT2D eigenvalue weighted by Crippen LogP contribution is 2.33. The Morgan fingerprint density at radius 2 is 1.72 bits per heavy atom. The van der Waals surface area contributed by atoms with Gasteiger partial charge in [0.15, 0.2) is 5.13 Å². The number of carbonyl (C=O) groups is 2. The van der Waals surface area contributed by atoms with E-state index in [9.17, 15) is 9.59 Å². The summed E-state index contributed by atoms with van der Waals surface area (Å²) in [7, 11) is 5.22. The number of benzene rings is 2. The second-order valence-corrected chi connectivity index (χ2v) is 7.83. The summed E-state index contributed by atoms with van der Waals surface area (Å²) in [6.07, 6.45) is 0. The molecule has 0 aliphatic carbocycles. The van der Waals surface area contributed by atoms with Gasteiger partial charge in [-0.2, -0.15) is 0 Å². The third-order valence-corrected chi connectivity index (χ3v) is 5.51. The molecule has 0 saturated heterocycles. The van der Waals surface area contributed by atoms with Gasteiger partial charge in [-0.3, -0.25) is 9.69 Å². The van der Waals surface area contributed by atoms with Gasteiger partial charge in [0.05, 0.1) is 22.4 Å². The number of amides is 1. The fraction of sp³-hybridized carbons (Fsp3) is 0.250. The number of nitrogens with zero attached hydrogens (tertiary/aromatic N) is 3. The molecule has 0 aliphatic heterocycles. The predicted molar refractivity (Wildman–Crippen MR) is 113 cm³/mol. The number of aromatic nitrogens is 1. The SMILES string of the molecule is COC(=O)c1ccc(C(=O)N(CCN(C)C)c2nc3c(Cl)cccc3s2)cc1.[Cl-]. The number of hydrogen-bond donors (Lipinski definition) is 0. The minimum atomic E-state index is -0.440. The van der Waals surface area contributed by atoms with Crippen molar-refractivity contribution in [3.05, 3.63) is 58.6 Å². The van der Waals surface area contributed by atoms with Gasteiger partial charge >= 0.3 is 5.97 Å². The van der Waals surface area contributed by atoms with Crippen molar-refractivity contribution in [3.63, 3.8) is 0 Å². The first-order valence-electron chi connectivity index (χ1n) is 8.60. The Hall–Kier alpha value is -2.19. The van der Waals surface area contributed by atoms with Crippen molar-refractivity contribution in [3.8, 4) is 0 Å². The van der Waals surface area contributed by atoms with Crippen LogP contribution in [0.4, 0.5) is 5.13 Å². The molecule has 0 bridgehead atoms. The number of anilines is 1. The third kappa shape index (κ3) is 5.25. The Labute approximate surface area is 184 Å². The van der Waals surface area contributed by atoms with Gasteiger partial charge in [-0.15, -0.1) is 0 Å². The first-order chi connectivity index (χ1) is 13.4. The maximum absolute atomic E-state index is 13.2. The molecule has 3 rings (SSSR count). The minimum Gasteiger partial charge on any atom is -1.00 e. The molecule has 2 aromatic carbocycles. The number of carbonyl (C=O) groups excluding carboxylic acids is 2. The van der Waals surface area contributed by atoms with E-state index in [-0.39, 0.29) is 18.3 Å².